The fraction of sp³-hybridized carbons (Fsp3) is 0.929. The Morgan fingerprint density at radius 1 is 1.12 bits per heavy atom. The first-order chi connectivity index (χ1) is 10.7. The van der Waals surface area contributed by atoms with Crippen LogP contribution in [0.25, 0.3) is 0 Å². The maximum atomic E-state index is 13.2. The summed E-state index contributed by atoms with van der Waals surface area (Å²) in [5.41, 5.74) is -6.36. The molecule has 1 fully saturated rings. The van der Waals surface area contributed by atoms with Crippen LogP contribution in [-0.4, -0.2) is 39.6 Å². The first-order valence-corrected chi connectivity index (χ1v) is 8.84. The Kier molecular flexibility index (Phi) is 6.50. The van der Waals surface area contributed by atoms with Crippen LogP contribution >= 0.6 is 22.6 Å². The van der Waals surface area contributed by atoms with Crippen molar-refractivity contribution in [1.29, 1.82) is 0 Å². The number of aliphatic hydroxyl groups is 1. The van der Waals surface area contributed by atoms with Gasteiger partial charge < -0.3 is 9.84 Å². The molecule has 142 valence electrons. The highest BCUT2D eigenvalue weighted by Crippen LogP contribution is 2.50. The van der Waals surface area contributed by atoms with E-state index in [1.807, 2.05) is 0 Å². The summed E-state index contributed by atoms with van der Waals surface area (Å²) in [5.74, 6) is -2.40. The molecule has 1 atom stereocenters. The summed E-state index contributed by atoms with van der Waals surface area (Å²) in [5, 5.41) is 9.66. The molecule has 0 spiro atoms. The molecule has 0 amide bonds. The van der Waals surface area contributed by atoms with Crippen molar-refractivity contribution < 1.29 is 41.0 Å². The molecule has 3 nitrogen and oxygen atoms in total. The average molecular weight is 476 g/mol. The Morgan fingerprint density at radius 2 is 1.54 bits per heavy atom. The summed E-state index contributed by atoms with van der Waals surface area (Å²) < 4.78 is 83.8. The molecule has 1 N–H and O–H groups in total. The van der Waals surface area contributed by atoms with Gasteiger partial charge in [0, 0.05) is 4.43 Å². The number of carbonyl (C=O) groups excluding carboxylic acids is 1. The van der Waals surface area contributed by atoms with E-state index in [-0.39, 0.29) is 17.3 Å². The fourth-order valence-electron chi connectivity index (χ4n) is 2.60. The van der Waals surface area contributed by atoms with Gasteiger partial charge in [-0.05, 0) is 32.6 Å². The van der Waals surface area contributed by atoms with Gasteiger partial charge in [-0.25, -0.2) is 0 Å². The van der Waals surface area contributed by atoms with Gasteiger partial charge >= 0.3 is 18.3 Å². The summed E-state index contributed by atoms with van der Waals surface area (Å²) in [6.45, 7) is 2.71. The number of hydrogen-bond donors (Lipinski definition) is 1. The van der Waals surface area contributed by atoms with Gasteiger partial charge in [0.05, 0.1) is 5.41 Å². The normalized spacial score (nSPS) is 19.4. The molecule has 0 radical (unpaired) electrons. The van der Waals surface area contributed by atoms with Crippen molar-refractivity contribution in [1.82, 2.24) is 0 Å². The molecule has 0 aliphatic heterocycles. The predicted octanol–water partition coefficient (Wildman–Crippen LogP) is 4.41. The van der Waals surface area contributed by atoms with Gasteiger partial charge in [-0.3, -0.25) is 4.79 Å². The molecule has 0 heterocycles. The lowest BCUT2D eigenvalue weighted by Gasteiger charge is -2.41. The Labute approximate surface area is 149 Å². The minimum absolute atomic E-state index is 0.0249. The van der Waals surface area contributed by atoms with E-state index in [9.17, 15) is 36.2 Å². The molecule has 1 aliphatic carbocycles. The summed E-state index contributed by atoms with van der Waals surface area (Å²) in [6.07, 6.45) is -13.9. The maximum absolute atomic E-state index is 13.2. The SMILES string of the molecule is CC(C)(CI)C(=O)OC(C1CCCC1)C(O)(C(F)(F)F)C(F)(F)F. The Balaban J connectivity index is 3.33. The molecule has 1 aliphatic rings. The van der Waals surface area contributed by atoms with Crippen LogP contribution in [0, 0.1) is 11.3 Å². The smallest absolute Gasteiger partial charge is 0.430 e. The number of rotatable bonds is 5. The Bertz CT molecular complexity index is 440. The molecule has 24 heavy (non-hydrogen) atoms. The highest BCUT2D eigenvalue weighted by molar-refractivity contribution is 14.1. The molecule has 0 saturated heterocycles. The highest BCUT2D eigenvalue weighted by atomic mass is 127. The number of alkyl halides is 7. The first kappa shape index (κ1) is 21.8. The van der Waals surface area contributed by atoms with E-state index in [4.69, 9.17) is 0 Å². The lowest BCUT2D eigenvalue weighted by Crippen LogP contribution is -2.67. The quantitative estimate of drug-likeness (QED) is 0.277. The van der Waals surface area contributed by atoms with E-state index >= 15 is 0 Å². The summed E-state index contributed by atoms with van der Waals surface area (Å²) in [7, 11) is 0. The van der Waals surface area contributed by atoms with E-state index in [0.29, 0.717) is 12.8 Å². The molecule has 0 aromatic carbocycles. The molecular formula is C14H19F6IO3. The zero-order chi connectivity index (χ0) is 19.0. The van der Waals surface area contributed by atoms with Crippen molar-refractivity contribution in [2.75, 3.05) is 4.43 Å². The Hall–Kier alpha value is -0.260. The van der Waals surface area contributed by atoms with Crippen LogP contribution in [0.1, 0.15) is 39.5 Å². The van der Waals surface area contributed by atoms with Crippen LogP contribution in [0.5, 0.6) is 0 Å². The van der Waals surface area contributed by atoms with Crippen molar-refractivity contribution in [3.63, 3.8) is 0 Å². The van der Waals surface area contributed by atoms with Crippen molar-refractivity contribution in [2.24, 2.45) is 11.3 Å². The van der Waals surface area contributed by atoms with E-state index < -0.39 is 41.4 Å². The van der Waals surface area contributed by atoms with Gasteiger partial charge in [0.1, 0.15) is 0 Å². The van der Waals surface area contributed by atoms with Crippen LogP contribution in [0.4, 0.5) is 26.3 Å². The maximum Gasteiger partial charge on any atom is 0.430 e. The van der Waals surface area contributed by atoms with Gasteiger partial charge in [-0.1, -0.05) is 35.4 Å². The second-order valence-corrected chi connectivity index (χ2v) is 7.41. The topological polar surface area (TPSA) is 46.5 Å². The van der Waals surface area contributed by atoms with Crippen molar-refractivity contribution in [3.05, 3.63) is 0 Å². The predicted molar refractivity (Wildman–Crippen MR) is 81.6 cm³/mol. The lowest BCUT2D eigenvalue weighted by molar-refractivity contribution is -0.396. The molecule has 0 aromatic rings. The third-order valence-corrected chi connectivity index (χ3v) is 6.13. The van der Waals surface area contributed by atoms with E-state index in [1.165, 1.54) is 13.8 Å². The number of hydrogen-bond acceptors (Lipinski definition) is 3. The number of esters is 1. The third kappa shape index (κ3) is 4.10. The fourth-order valence-corrected chi connectivity index (χ4v) is 2.91. The molecule has 0 bridgehead atoms. The van der Waals surface area contributed by atoms with Gasteiger partial charge in [-0.2, -0.15) is 26.3 Å². The zero-order valence-electron chi connectivity index (χ0n) is 13.1. The minimum Gasteiger partial charge on any atom is -0.458 e. The van der Waals surface area contributed by atoms with E-state index in [2.05, 4.69) is 4.74 Å². The number of halogens is 7. The zero-order valence-corrected chi connectivity index (χ0v) is 15.3. The molecule has 1 rings (SSSR count). The van der Waals surface area contributed by atoms with Crippen molar-refractivity contribution >= 4 is 28.6 Å². The monoisotopic (exact) mass is 476 g/mol. The largest absolute Gasteiger partial charge is 0.458 e. The van der Waals surface area contributed by atoms with Crippen LogP contribution in [0.15, 0.2) is 0 Å². The molecule has 10 heteroatoms. The summed E-state index contributed by atoms with van der Waals surface area (Å²) in [4.78, 5) is 12.1. The van der Waals surface area contributed by atoms with Crippen molar-refractivity contribution in [2.45, 2.75) is 63.6 Å². The van der Waals surface area contributed by atoms with E-state index in [0.717, 1.165) is 0 Å². The summed E-state index contributed by atoms with van der Waals surface area (Å²) in [6, 6.07) is 0. The second kappa shape index (κ2) is 7.16. The van der Waals surface area contributed by atoms with Gasteiger partial charge in [0.2, 0.25) is 0 Å². The third-order valence-electron chi connectivity index (χ3n) is 4.22. The summed E-state index contributed by atoms with van der Waals surface area (Å²) >= 11 is 1.79. The number of ether oxygens (including phenoxy) is 1. The van der Waals surface area contributed by atoms with Gasteiger partial charge in [0.15, 0.2) is 6.10 Å². The molecule has 0 aromatic heterocycles. The minimum atomic E-state index is -6.02. The van der Waals surface area contributed by atoms with Crippen LogP contribution < -0.4 is 0 Å². The lowest BCUT2D eigenvalue weighted by atomic mass is 9.84. The molecule has 1 unspecified atom stereocenters. The molecule has 1 saturated carbocycles. The van der Waals surface area contributed by atoms with Crippen LogP contribution in [-0.2, 0) is 9.53 Å². The van der Waals surface area contributed by atoms with Crippen LogP contribution in [0.2, 0.25) is 0 Å². The number of carbonyl (C=O) groups is 1. The van der Waals surface area contributed by atoms with E-state index in [1.54, 1.807) is 22.6 Å². The standard InChI is InChI=1S/C14H19F6IO3/c1-11(2,7-21)10(22)24-9(8-5-3-4-6-8)12(23,13(15,16)17)14(18,19)20/h8-9,23H,3-7H2,1-2H3. The highest BCUT2D eigenvalue weighted by Gasteiger charge is 2.76. The van der Waals surface area contributed by atoms with Crippen LogP contribution in [0.3, 0.4) is 0 Å². The van der Waals surface area contributed by atoms with Gasteiger partial charge in [0.25, 0.3) is 5.60 Å². The first-order valence-electron chi connectivity index (χ1n) is 7.31. The average Bonchev–Trinajstić information content (AvgIpc) is 2.94. The second-order valence-electron chi connectivity index (χ2n) is 6.65. The van der Waals surface area contributed by atoms with Gasteiger partial charge in [-0.15, -0.1) is 0 Å². The van der Waals surface area contributed by atoms with Crippen molar-refractivity contribution in [3.8, 4) is 0 Å². The molecular weight excluding hydrogens is 457 g/mol. The Morgan fingerprint density at radius 3 is 1.88 bits per heavy atom.